The quantitative estimate of drug-likeness (QED) is 0.0396. The predicted molar refractivity (Wildman–Crippen MR) is 202 cm³/mol. The maximum Gasteiger partial charge on any atom is 0.328 e. The lowest BCUT2D eigenvalue weighted by Crippen LogP contribution is -2.60. The number of carboxylic acids is 3. The Bertz CT molecular complexity index is 1540. The van der Waals surface area contributed by atoms with E-state index in [1.165, 1.54) is 6.92 Å². The van der Waals surface area contributed by atoms with E-state index in [1.807, 2.05) is 0 Å². The second-order valence-electron chi connectivity index (χ2n) is 13.8. The molecule has 14 N–H and O–H groups in total. The van der Waals surface area contributed by atoms with Gasteiger partial charge in [-0.05, 0) is 57.1 Å². The predicted octanol–water partition coefficient (Wildman–Crippen LogP) is -2.92. The summed E-state index contributed by atoms with van der Waals surface area (Å²) < 4.78 is 0. The van der Waals surface area contributed by atoms with Crippen molar-refractivity contribution in [3.63, 3.8) is 0 Å². The third kappa shape index (κ3) is 19.2. The number of amides is 6. The van der Waals surface area contributed by atoms with E-state index in [1.54, 1.807) is 44.2 Å². The summed E-state index contributed by atoms with van der Waals surface area (Å²) in [5.74, 6) is -9.95. The number of nitrogens with one attached hydrogen (secondary N) is 6. The van der Waals surface area contributed by atoms with Gasteiger partial charge in [-0.25, -0.2) is 4.79 Å². The number of nitrogens with two attached hydrogens (primary N) is 2. The highest BCUT2D eigenvalue weighted by Gasteiger charge is 2.34. The highest BCUT2D eigenvalue weighted by Crippen LogP contribution is 2.10. The van der Waals surface area contributed by atoms with Crippen molar-refractivity contribution in [2.24, 2.45) is 17.4 Å². The first-order valence-electron chi connectivity index (χ1n) is 18.4. The number of unbranched alkanes of at least 4 members (excludes halogenated alkanes) is 1. The van der Waals surface area contributed by atoms with Crippen molar-refractivity contribution in [1.29, 1.82) is 0 Å². The largest absolute Gasteiger partial charge is 0.481 e. The number of carboxylic acid groups (broad SMARTS) is 3. The minimum Gasteiger partial charge on any atom is -0.481 e. The Morgan fingerprint density at radius 3 is 1.68 bits per heavy atom. The standard InChI is InChI=1S/C36H56N8O13/c1-19(2)15-24(41-31(51)22(38)12-13-28(46)47)34(54)43-26(17-29(48)49)35(55)40-23(11-7-8-14-37)32(52)42-25(16-21-9-5-4-6-10-21)33(53)39-20(3)30(50)44-27(18-45)36(56)57/h4-6,9-10,19-20,22-27,45H,7-8,11-18,37-38H2,1-3H3,(H,39,53)(H,40,55)(H,41,51)(H,42,52)(H,43,54)(H,44,50)(H,46,47)(H,48,49)(H,56,57)/t20-,22-,23-,24-,25-,26-,27-/m0/s1. The smallest absolute Gasteiger partial charge is 0.328 e. The van der Waals surface area contributed by atoms with Crippen molar-refractivity contribution in [3.05, 3.63) is 35.9 Å². The molecule has 0 unspecified atom stereocenters. The topological polar surface area (TPSA) is 359 Å². The van der Waals surface area contributed by atoms with Crippen LogP contribution in [0.25, 0.3) is 0 Å². The number of rotatable bonds is 27. The zero-order chi connectivity index (χ0) is 43.2. The van der Waals surface area contributed by atoms with Gasteiger partial charge in [0.25, 0.3) is 0 Å². The van der Waals surface area contributed by atoms with Gasteiger partial charge in [-0.15, -0.1) is 0 Å². The lowest BCUT2D eigenvalue weighted by atomic mass is 10.0. The van der Waals surface area contributed by atoms with Crippen LogP contribution in [0.2, 0.25) is 0 Å². The van der Waals surface area contributed by atoms with Crippen molar-refractivity contribution in [2.75, 3.05) is 13.2 Å². The van der Waals surface area contributed by atoms with Crippen molar-refractivity contribution in [2.45, 2.75) is 114 Å². The molecule has 21 nitrogen and oxygen atoms in total. The maximum atomic E-state index is 13.8. The molecule has 318 valence electrons. The fourth-order valence-electron chi connectivity index (χ4n) is 5.27. The van der Waals surface area contributed by atoms with Gasteiger partial charge >= 0.3 is 17.9 Å². The van der Waals surface area contributed by atoms with Crippen molar-refractivity contribution >= 4 is 53.4 Å². The first-order chi connectivity index (χ1) is 26.8. The van der Waals surface area contributed by atoms with Gasteiger partial charge < -0.3 is 63.8 Å². The summed E-state index contributed by atoms with van der Waals surface area (Å²) in [6.07, 6.45) is -0.998. The molecule has 0 bridgehead atoms. The number of hydrogen-bond donors (Lipinski definition) is 12. The van der Waals surface area contributed by atoms with Gasteiger partial charge in [0.05, 0.1) is 19.1 Å². The van der Waals surface area contributed by atoms with E-state index in [0.29, 0.717) is 12.0 Å². The molecule has 0 saturated heterocycles. The van der Waals surface area contributed by atoms with Gasteiger partial charge in [-0.3, -0.25) is 38.4 Å². The van der Waals surface area contributed by atoms with E-state index < -0.39 is 115 Å². The molecule has 21 heteroatoms. The number of benzene rings is 1. The summed E-state index contributed by atoms with van der Waals surface area (Å²) in [5, 5.41) is 51.2. The lowest BCUT2D eigenvalue weighted by molar-refractivity contribution is -0.143. The summed E-state index contributed by atoms with van der Waals surface area (Å²) >= 11 is 0. The van der Waals surface area contributed by atoms with Crippen molar-refractivity contribution in [3.8, 4) is 0 Å². The second kappa shape index (κ2) is 25.5. The first-order valence-corrected chi connectivity index (χ1v) is 18.4. The van der Waals surface area contributed by atoms with Crippen LogP contribution < -0.4 is 43.4 Å². The normalized spacial score (nSPS) is 14.6. The van der Waals surface area contributed by atoms with E-state index in [-0.39, 0.29) is 44.6 Å². The van der Waals surface area contributed by atoms with E-state index in [9.17, 15) is 53.4 Å². The Hall–Kier alpha value is -5.67. The van der Waals surface area contributed by atoms with Gasteiger partial charge in [0, 0.05) is 12.8 Å². The van der Waals surface area contributed by atoms with E-state index >= 15 is 0 Å². The number of hydrogen-bond acceptors (Lipinski definition) is 12. The molecule has 0 spiro atoms. The van der Waals surface area contributed by atoms with Crippen LogP contribution in [0.15, 0.2) is 30.3 Å². The molecular formula is C36H56N8O13. The van der Waals surface area contributed by atoms with Crippen LogP contribution in [-0.2, 0) is 49.6 Å². The molecule has 0 aliphatic heterocycles. The Balaban J connectivity index is 3.34. The van der Waals surface area contributed by atoms with Gasteiger partial charge in [-0.1, -0.05) is 44.2 Å². The lowest BCUT2D eigenvalue weighted by Gasteiger charge is -2.27. The minimum atomic E-state index is -1.76. The van der Waals surface area contributed by atoms with Crippen LogP contribution in [0.5, 0.6) is 0 Å². The number of aliphatic hydroxyl groups is 1. The molecule has 0 aromatic heterocycles. The van der Waals surface area contributed by atoms with E-state index in [0.717, 1.165) is 0 Å². The summed E-state index contributed by atoms with van der Waals surface area (Å²) in [6, 6.07) is -1.67. The van der Waals surface area contributed by atoms with Crippen molar-refractivity contribution < 1.29 is 63.6 Å². The number of carbonyl (C=O) groups excluding carboxylic acids is 6. The van der Waals surface area contributed by atoms with E-state index in [4.69, 9.17) is 21.7 Å². The molecule has 0 aliphatic carbocycles. The molecule has 0 aliphatic rings. The zero-order valence-corrected chi connectivity index (χ0v) is 32.2. The zero-order valence-electron chi connectivity index (χ0n) is 32.2. The maximum absolute atomic E-state index is 13.8. The number of aliphatic carboxylic acids is 3. The summed E-state index contributed by atoms with van der Waals surface area (Å²) in [5.41, 5.74) is 12.0. The fraction of sp³-hybridized carbons (Fsp3) is 0.583. The SMILES string of the molecule is CC(C)C[C@H](NC(=O)[C@@H](N)CCC(=O)O)C(=O)N[C@@H](CC(=O)O)C(=O)N[C@@H](CCCCN)C(=O)N[C@@H](Cc1ccccc1)C(=O)N[C@@H](C)C(=O)N[C@@H](CO)C(=O)O. The molecule has 0 heterocycles. The highest BCUT2D eigenvalue weighted by molar-refractivity contribution is 5.98. The molecule has 0 radical (unpaired) electrons. The Morgan fingerprint density at radius 2 is 1.14 bits per heavy atom. The summed E-state index contributed by atoms with van der Waals surface area (Å²) in [6.45, 7) is 4.03. The third-order valence-corrected chi connectivity index (χ3v) is 8.40. The number of carbonyl (C=O) groups is 9. The first kappa shape index (κ1) is 49.3. The molecular weight excluding hydrogens is 752 g/mol. The van der Waals surface area contributed by atoms with Crippen LogP contribution >= 0.6 is 0 Å². The molecule has 6 amide bonds. The van der Waals surface area contributed by atoms with Crippen LogP contribution in [0.4, 0.5) is 0 Å². The summed E-state index contributed by atoms with van der Waals surface area (Å²) in [7, 11) is 0. The average molecular weight is 809 g/mol. The molecule has 7 atom stereocenters. The van der Waals surface area contributed by atoms with Crippen LogP contribution in [0.1, 0.15) is 71.3 Å². The van der Waals surface area contributed by atoms with E-state index in [2.05, 4.69) is 31.9 Å². The van der Waals surface area contributed by atoms with Crippen LogP contribution in [0, 0.1) is 5.92 Å². The second-order valence-corrected chi connectivity index (χ2v) is 13.8. The van der Waals surface area contributed by atoms with Gasteiger partial charge in [0.15, 0.2) is 0 Å². The Morgan fingerprint density at radius 1 is 0.614 bits per heavy atom. The molecule has 0 fully saturated rings. The van der Waals surface area contributed by atoms with Crippen molar-refractivity contribution in [1.82, 2.24) is 31.9 Å². The molecule has 1 rings (SSSR count). The minimum absolute atomic E-state index is 0.0292. The average Bonchev–Trinajstić information content (AvgIpc) is 3.14. The highest BCUT2D eigenvalue weighted by atomic mass is 16.4. The molecule has 0 saturated carbocycles. The molecule has 57 heavy (non-hydrogen) atoms. The van der Waals surface area contributed by atoms with Crippen LogP contribution in [-0.4, -0.2) is 129 Å². The van der Waals surface area contributed by atoms with Crippen LogP contribution in [0.3, 0.4) is 0 Å². The van der Waals surface area contributed by atoms with Gasteiger partial charge in [-0.2, -0.15) is 0 Å². The fourth-order valence-corrected chi connectivity index (χ4v) is 5.27. The summed E-state index contributed by atoms with van der Waals surface area (Å²) in [4.78, 5) is 114. The number of aliphatic hydroxyl groups excluding tert-OH is 1. The Labute approximate surface area is 329 Å². The third-order valence-electron chi connectivity index (χ3n) is 8.40. The van der Waals surface area contributed by atoms with Gasteiger partial charge in [0.2, 0.25) is 35.4 Å². The molecule has 1 aromatic carbocycles. The molecule has 1 aromatic rings. The Kier molecular flexibility index (Phi) is 22.1. The monoisotopic (exact) mass is 808 g/mol. The van der Waals surface area contributed by atoms with Gasteiger partial charge in [0.1, 0.15) is 36.3 Å².